The highest BCUT2D eigenvalue weighted by molar-refractivity contribution is 7.90. The maximum Gasteiger partial charge on any atom is 0.147 e. The molecule has 0 aromatic rings. The van der Waals surface area contributed by atoms with Crippen LogP contribution in [0.15, 0.2) is 0 Å². The molecule has 1 rings (SSSR count). The highest BCUT2D eigenvalue weighted by Crippen LogP contribution is 2.36. The van der Waals surface area contributed by atoms with Gasteiger partial charge in [-0.3, -0.25) is 0 Å². The van der Waals surface area contributed by atoms with E-state index >= 15 is 0 Å². The number of nitrogens with two attached hydrogens (primary N) is 1. The molecule has 0 heterocycles. The first-order valence-electron chi connectivity index (χ1n) is 6.18. The summed E-state index contributed by atoms with van der Waals surface area (Å²) in [6.07, 6.45) is 6.17. The lowest BCUT2D eigenvalue weighted by atomic mass is 9.72. The fourth-order valence-electron chi connectivity index (χ4n) is 2.52. The van der Waals surface area contributed by atoms with E-state index in [1.807, 2.05) is 0 Å². The van der Waals surface area contributed by atoms with Crippen LogP contribution >= 0.6 is 0 Å². The van der Waals surface area contributed by atoms with Gasteiger partial charge < -0.3 is 5.73 Å². The fraction of sp³-hybridized carbons (Fsp3) is 1.00. The first-order chi connectivity index (χ1) is 7.22. The minimum Gasteiger partial charge on any atom is -0.325 e. The normalized spacial score (nSPS) is 31.9. The van der Waals surface area contributed by atoms with Gasteiger partial charge in [0.05, 0.1) is 5.75 Å². The minimum absolute atomic E-state index is 0.228. The molecule has 0 aromatic carbocycles. The van der Waals surface area contributed by atoms with Crippen molar-refractivity contribution in [2.45, 2.75) is 51.5 Å². The van der Waals surface area contributed by atoms with Crippen LogP contribution in [0.3, 0.4) is 0 Å². The predicted octanol–water partition coefficient (Wildman–Crippen LogP) is 1.96. The Morgan fingerprint density at radius 2 is 1.81 bits per heavy atom. The Morgan fingerprint density at radius 1 is 1.31 bits per heavy atom. The monoisotopic (exact) mass is 247 g/mol. The molecule has 1 saturated carbocycles. The zero-order chi connectivity index (χ0) is 12.4. The number of sulfone groups is 1. The SMILES string of the molecule is CC(C)C1CCC(N)(CCS(C)(=O)=O)CC1. The Balaban J connectivity index is 2.44. The first kappa shape index (κ1) is 14.0. The zero-order valence-corrected chi connectivity index (χ0v) is 11.5. The van der Waals surface area contributed by atoms with E-state index in [4.69, 9.17) is 5.73 Å². The van der Waals surface area contributed by atoms with Crippen molar-refractivity contribution in [3.8, 4) is 0 Å². The summed E-state index contributed by atoms with van der Waals surface area (Å²) in [5.41, 5.74) is 6.04. The molecule has 0 aliphatic heterocycles. The molecule has 2 N–H and O–H groups in total. The van der Waals surface area contributed by atoms with Gasteiger partial charge >= 0.3 is 0 Å². The molecule has 3 nitrogen and oxygen atoms in total. The number of hydrogen-bond acceptors (Lipinski definition) is 3. The average Bonchev–Trinajstić information content (AvgIpc) is 2.15. The van der Waals surface area contributed by atoms with E-state index in [9.17, 15) is 8.42 Å². The molecule has 0 spiro atoms. The predicted molar refractivity (Wildman–Crippen MR) is 68.0 cm³/mol. The molecule has 0 amide bonds. The lowest BCUT2D eigenvalue weighted by Gasteiger charge is -2.38. The molecular weight excluding hydrogens is 222 g/mol. The standard InChI is InChI=1S/C12H25NO2S/c1-10(2)11-4-6-12(13,7-5-11)8-9-16(3,14)15/h10-11H,4-9,13H2,1-3H3. The van der Waals surface area contributed by atoms with Crippen LogP contribution in [0, 0.1) is 11.8 Å². The molecule has 0 aromatic heterocycles. The lowest BCUT2D eigenvalue weighted by molar-refractivity contribution is 0.191. The first-order valence-corrected chi connectivity index (χ1v) is 8.24. The fourth-order valence-corrected chi connectivity index (χ4v) is 3.30. The summed E-state index contributed by atoms with van der Waals surface area (Å²) in [4.78, 5) is 0. The van der Waals surface area contributed by atoms with Crippen LogP contribution in [-0.2, 0) is 9.84 Å². The quantitative estimate of drug-likeness (QED) is 0.826. The zero-order valence-electron chi connectivity index (χ0n) is 10.7. The molecule has 0 unspecified atom stereocenters. The number of hydrogen-bond donors (Lipinski definition) is 1. The van der Waals surface area contributed by atoms with Crippen molar-refractivity contribution in [2.75, 3.05) is 12.0 Å². The summed E-state index contributed by atoms with van der Waals surface area (Å²) in [5.74, 6) is 1.73. The summed E-state index contributed by atoms with van der Waals surface area (Å²) < 4.78 is 22.3. The van der Waals surface area contributed by atoms with Gasteiger partial charge in [-0.05, 0) is 43.9 Å². The van der Waals surface area contributed by atoms with Crippen LogP contribution in [0.2, 0.25) is 0 Å². The van der Waals surface area contributed by atoms with Crippen molar-refractivity contribution in [2.24, 2.45) is 17.6 Å². The second-order valence-electron chi connectivity index (χ2n) is 5.82. The van der Waals surface area contributed by atoms with Crippen LogP contribution in [0.1, 0.15) is 46.0 Å². The van der Waals surface area contributed by atoms with Crippen LogP contribution in [-0.4, -0.2) is 26.0 Å². The lowest BCUT2D eigenvalue weighted by Crippen LogP contribution is -2.45. The molecule has 1 fully saturated rings. The molecule has 1 aliphatic carbocycles. The maximum absolute atomic E-state index is 11.1. The highest BCUT2D eigenvalue weighted by atomic mass is 32.2. The molecule has 16 heavy (non-hydrogen) atoms. The van der Waals surface area contributed by atoms with Gasteiger partial charge in [-0.1, -0.05) is 13.8 Å². The molecule has 0 saturated heterocycles. The summed E-state index contributed by atoms with van der Waals surface area (Å²) in [6.45, 7) is 4.51. The van der Waals surface area contributed by atoms with E-state index in [0.717, 1.165) is 37.5 Å². The van der Waals surface area contributed by atoms with E-state index in [1.165, 1.54) is 6.26 Å². The summed E-state index contributed by atoms with van der Waals surface area (Å²) >= 11 is 0. The third-order valence-electron chi connectivity index (χ3n) is 3.94. The summed E-state index contributed by atoms with van der Waals surface area (Å²) in [6, 6.07) is 0. The van der Waals surface area contributed by atoms with Crippen LogP contribution in [0.5, 0.6) is 0 Å². The largest absolute Gasteiger partial charge is 0.325 e. The number of rotatable bonds is 4. The van der Waals surface area contributed by atoms with E-state index < -0.39 is 9.84 Å². The molecule has 0 radical (unpaired) electrons. The molecular formula is C12H25NO2S. The Bertz CT molecular complexity index is 314. The van der Waals surface area contributed by atoms with Crippen LogP contribution < -0.4 is 5.73 Å². The van der Waals surface area contributed by atoms with E-state index in [1.54, 1.807) is 0 Å². The molecule has 0 bridgehead atoms. The van der Waals surface area contributed by atoms with E-state index in [-0.39, 0.29) is 11.3 Å². The topological polar surface area (TPSA) is 60.2 Å². The van der Waals surface area contributed by atoms with Crippen molar-refractivity contribution in [1.82, 2.24) is 0 Å². The van der Waals surface area contributed by atoms with Gasteiger partial charge in [0, 0.05) is 11.8 Å². The molecule has 4 heteroatoms. The van der Waals surface area contributed by atoms with Crippen molar-refractivity contribution >= 4 is 9.84 Å². The molecule has 96 valence electrons. The Morgan fingerprint density at radius 3 is 2.19 bits per heavy atom. The Hall–Kier alpha value is -0.0900. The molecule has 1 aliphatic rings. The van der Waals surface area contributed by atoms with Crippen LogP contribution in [0.25, 0.3) is 0 Å². The van der Waals surface area contributed by atoms with Gasteiger partial charge in [-0.2, -0.15) is 0 Å². The van der Waals surface area contributed by atoms with Crippen molar-refractivity contribution in [1.29, 1.82) is 0 Å². The maximum atomic E-state index is 11.1. The van der Waals surface area contributed by atoms with Crippen LogP contribution in [0.4, 0.5) is 0 Å². The van der Waals surface area contributed by atoms with Gasteiger partial charge in [-0.25, -0.2) is 8.42 Å². The van der Waals surface area contributed by atoms with Crippen molar-refractivity contribution in [3.63, 3.8) is 0 Å². The van der Waals surface area contributed by atoms with Gasteiger partial charge in [0.1, 0.15) is 9.84 Å². The van der Waals surface area contributed by atoms with Gasteiger partial charge in [0.15, 0.2) is 0 Å². The Kier molecular flexibility index (Phi) is 4.41. The van der Waals surface area contributed by atoms with Gasteiger partial charge in [0.25, 0.3) is 0 Å². The highest BCUT2D eigenvalue weighted by Gasteiger charge is 2.33. The van der Waals surface area contributed by atoms with E-state index in [0.29, 0.717) is 6.42 Å². The molecule has 0 atom stereocenters. The Labute approximate surface area is 99.7 Å². The van der Waals surface area contributed by atoms with Crippen molar-refractivity contribution in [3.05, 3.63) is 0 Å². The average molecular weight is 247 g/mol. The smallest absolute Gasteiger partial charge is 0.147 e. The third kappa shape index (κ3) is 4.42. The minimum atomic E-state index is -2.87. The van der Waals surface area contributed by atoms with Gasteiger partial charge in [-0.15, -0.1) is 0 Å². The summed E-state index contributed by atoms with van der Waals surface area (Å²) in [5, 5.41) is 0. The summed E-state index contributed by atoms with van der Waals surface area (Å²) in [7, 11) is -2.87. The third-order valence-corrected chi connectivity index (χ3v) is 4.89. The van der Waals surface area contributed by atoms with E-state index in [2.05, 4.69) is 13.8 Å². The van der Waals surface area contributed by atoms with Gasteiger partial charge in [0.2, 0.25) is 0 Å². The second-order valence-corrected chi connectivity index (χ2v) is 8.08. The second kappa shape index (κ2) is 5.05. The van der Waals surface area contributed by atoms with Crippen molar-refractivity contribution < 1.29 is 8.42 Å².